The minimum absolute atomic E-state index is 0.0624. The third-order valence-corrected chi connectivity index (χ3v) is 3.99. The van der Waals surface area contributed by atoms with Gasteiger partial charge in [-0.3, -0.25) is 4.79 Å². The molecule has 166 valence electrons. The van der Waals surface area contributed by atoms with Crippen molar-refractivity contribution in [2.45, 2.75) is 19.3 Å². The number of anilines is 5. The van der Waals surface area contributed by atoms with E-state index in [0.717, 1.165) is 24.4 Å². The van der Waals surface area contributed by atoms with Crippen molar-refractivity contribution in [3.8, 4) is 23.0 Å². The number of nitrogens with one attached hydrogen (secondary N) is 3. The van der Waals surface area contributed by atoms with Gasteiger partial charge in [-0.1, -0.05) is 0 Å². The van der Waals surface area contributed by atoms with Crippen LogP contribution in [0.1, 0.15) is 27.4 Å². The second-order valence-corrected chi connectivity index (χ2v) is 6.29. The number of phenols is 2. The van der Waals surface area contributed by atoms with Crippen LogP contribution in [0.15, 0.2) is 30.4 Å². The molecule has 0 spiro atoms. The summed E-state index contributed by atoms with van der Waals surface area (Å²) >= 11 is 0. The summed E-state index contributed by atoms with van der Waals surface area (Å²) in [5.74, 6) is -7.09. The monoisotopic (exact) mass is 452 g/mol. The fourth-order valence-electron chi connectivity index (χ4n) is 2.57. The molecular formula is C20H19FN6O5. The zero-order valence-electron chi connectivity index (χ0n) is 25.6. The van der Waals surface area contributed by atoms with E-state index in [2.05, 4.69) is 30.3 Å². The summed E-state index contributed by atoms with van der Waals surface area (Å²) in [7, 11) is -2.96. The lowest BCUT2D eigenvalue weighted by atomic mass is 10.1. The zero-order chi connectivity index (χ0) is 31.4. The van der Waals surface area contributed by atoms with E-state index in [-0.39, 0.29) is 17.5 Å². The Bertz CT molecular complexity index is 1530. The van der Waals surface area contributed by atoms with E-state index in [4.69, 9.17) is 18.4 Å². The van der Waals surface area contributed by atoms with Crippen LogP contribution in [0, 0.1) is 5.82 Å². The second-order valence-electron chi connectivity index (χ2n) is 6.29. The molecule has 0 unspecified atom stereocenters. The molecule has 32 heavy (non-hydrogen) atoms. The van der Waals surface area contributed by atoms with Crippen LogP contribution in [0.25, 0.3) is 0 Å². The van der Waals surface area contributed by atoms with E-state index in [0.29, 0.717) is 0 Å². The third-order valence-electron chi connectivity index (χ3n) is 3.99. The van der Waals surface area contributed by atoms with Crippen LogP contribution in [0.5, 0.6) is 23.0 Å². The molecule has 3 heterocycles. The molecule has 12 heteroatoms. The van der Waals surface area contributed by atoms with Gasteiger partial charge >= 0.3 is 0 Å². The molecule has 0 aliphatic carbocycles. The molecule has 0 fully saturated rings. The Hall–Kier alpha value is -4.35. The maximum Gasteiger partial charge on any atom is 0.269 e. The topological polar surface area (TPSA) is 151 Å². The number of aromatic nitrogens is 3. The van der Waals surface area contributed by atoms with Crippen LogP contribution in [-0.4, -0.2) is 43.7 Å². The molecule has 1 aliphatic rings. The molecular weight excluding hydrogens is 423 g/mol. The number of ether oxygens (including phenoxy) is 2. The smallest absolute Gasteiger partial charge is 0.269 e. The van der Waals surface area contributed by atoms with Gasteiger partial charge in [0, 0.05) is 26.0 Å². The van der Waals surface area contributed by atoms with Crippen molar-refractivity contribution in [1.82, 2.24) is 15.0 Å². The van der Waals surface area contributed by atoms with Crippen LogP contribution in [0.2, 0.25) is 0 Å². The van der Waals surface area contributed by atoms with Crippen molar-refractivity contribution in [2.24, 2.45) is 0 Å². The molecule has 4 rings (SSSR count). The Kier molecular flexibility index (Phi) is 2.87. The van der Waals surface area contributed by atoms with Crippen molar-refractivity contribution in [3.05, 3.63) is 36.3 Å². The number of rotatable bonds is 5. The van der Waals surface area contributed by atoms with Gasteiger partial charge in [0.25, 0.3) is 5.91 Å². The van der Waals surface area contributed by atoms with Gasteiger partial charge in [-0.25, -0.2) is 14.4 Å². The number of methoxy groups -OCH3 is 1. The lowest BCUT2D eigenvalue weighted by Crippen LogP contribution is -2.46. The number of carbonyl (C=O) groups excluding carboxylic acids is 1. The molecule has 0 bridgehead atoms. The first-order chi connectivity index (χ1) is 19.2. The molecule has 0 atom stereocenters. The number of nitrogens with zero attached hydrogens (tertiary/aromatic N) is 3. The predicted molar refractivity (Wildman–Crippen MR) is 112 cm³/mol. The molecule has 1 aromatic carbocycles. The largest absolute Gasteiger partial charge is 0.504 e. The van der Waals surface area contributed by atoms with E-state index in [1.165, 1.54) is 0 Å². The molecule has 0 radical (unpaired) electrons. The molecule has 1 amide bonds. The number of amides is 1. The normalized spacial score (nSPS) is 19.8. The first-order valence-electron chi connectivity index (χ1n) is 13.6. The molecule has 0 saturated heterocycles. The van der Waals surface area contributed by atoms with Crippen LogP contribution in [-0.2, 0) is 4.79 Å². The van der Waals surface area contributed by atoms with Crippen molar-refractivity contribution in [3.63, 3.8) is 0 Å². The minimum atomic E-state index is -3.47. The summed E-state index contributed by atoms with van der Waals surface area (Å²) in [6.07, 6.45) is 0.718. The van der Waals surface area contributed by atoms with E-state index in [1.54, 1.807) is 0 Å². The predicted octanol–water partition coefficient (Wildman–Crippen LogP) is 3.03. The van der Waals surface area contributed by atoms with Gasteiger partial charge in [-0.05, 0) is 25.8 Å². The first kappa shape index (κ1) is 11.9. The van der Waals surface area contributed by atoms with Gasteiger partial charge < -0.3 is 35.6 Å². The minimum Gasteiger partial charge on any atom is -0.504 e. The van der Waals surface area contributed by atoms with Crippen molar-refractivity contribution >= 4 is 35.0 Å². The number of halogens is 1. The Morgan fingerprint density at radius 1 is 1.28 bits per heavy atom. The quantitative estimate of drug-likeness (QED) is 0.391. The summed E-state index contributed by atoms with van der Waals surface area (Å²) in [5, 5.41) is 27.1. The Labute approximate surface area is 195 Å². The lowest BCUT2D eigenvalue weighted by molar-refractivity contribution is -0.129. The van der Waals surface area contributed by atoms with Crippen LogP contribution in [0.4, 0.5) is 33.5 Å². The van der Waals surface area contributed by atoms with Crippen molar-refractivity contribution < 1.29 is 42.6 Å². The maximum atomic E-state index is 14.5. The Morgan fingerprint density at radius 3 is 2.78 bits per heavy atom. The number of fused-ring (bicyclic) bond motifs is 1. The van der Waals surface area contributed by atoms with Gasteiger partial charge in [0.05, 0.1) is 18.7 Å². The average molecular weight is 452 g/mol. The van der Waals surface area contributed by atoms with Crippen LogP contribution < -0.4 is 25.4 Å². The highest BCUT2D eigenvalue weighted by molar-refractivity contribution is 5.99. The van der Waals surface area contributed by atoms with Gasteiger partial charge in [-0.15, -0.1) is 0 Å². The van der Waals surface area contributed by atoms with Crippen LogP contribution in [0.3, 0.4) is 0 Å². The number of hydrogen-bond donors (Lipinski definition) is 5. The van der Waals surface area contributed by atoms with Gasteiger partial charge in [0.15, 0.2) is 40.3 Å². The molecule has 5 N–H and O–H groups in total. The van der Waals surface area contributed by atoms with Crippen molar-refractivity contribution in [1.29, 1.82) is 0 Å². The highest BCUT2D eigenvalue weighted by atomic mass is 19.1. The summed E-state index contributed by atoms with van der Waals surface area (Å²) < 4.78 is 99.5. The summed E-state index contributed by atoms with van der Waals surface area (Å²) in [6.45, 7) is -6.93. The molecule has 2 aromatic heterocycles. The lowest BCUT2D eigenvalue weighted by Gasteiger charge is -2.30. The maximum absolute atomic E-state index is 14.5. The van der Waals surface area contributed by atoms with Crippen molar-refractivity contribution in [2.75, 3.05) is 23.0 Å². The number of aromatic hydroxyl groups is 2. The number of pyridine rings is 1. The summed E-state index contributed by atoms with van der Waals surface area (Å²) in [6, 6.07) is 2.26. The zero-order valence-corrected chi connectivity index (χ0v) is 15.6. The number of benzene rings is 1. The third kappa shape index (κ3) is 3.97. The molecule has 11 nitrogen and oxygen atoms in total. The highest BCUT2D eigenvalue weighted by Gasteiger charge is 2.36. The van der Waals surface area contributed by atoms with Crippen LogP contribution >= 0.6 is 0 Å². The number of hydrogen-bond acceptors (Lipinski definition) is 10. The fraction of sp³-hybridized carbons (Fsp3) is 0.200. The Balaban J connectivity index is 1.62. The van der Waals surface area contributed by atoms with Gasteiger partial charge in [0.2, 0.25) is 11.7 Å². The summed E-state index contributed by atoms with van der Waals surface area (Å²) in [5.41, 5.74) is -3.38. The number of phenolic OH excluding ortho intramolecular Hbond substituents is 2. The standard InChI is InChI=1S/C20H19FN6O5/c1-20(2)18(30)26-17-13(32-20)4-5-14(25-17)24-16-10(21)8-22-19(27-16)23-9-6-11(28)15(31-3)12(29)7-9/h4-8,28-29H,1-3H3,(H3,22,23,24,25,26,27,30)/i1D3,2D3,3D3,4D. The van der Waals surface area contributed by atoms with E-state index >= 15 is 0 Å². The fourth-order valence-corrected chi connectivity index (χ4v) is 2.57. The van der Waals surface area contributed by atoms with E-state index in [1.807, 2.05) is 5.32 Å². The second kappa shape index (κ2) is 7.72. The average Bonchev–Trinajstić information content (AvgIpc) is 2.81. The SMILES string of the molecule is [2H]c1cc(Nc2nc(Nc3cc(O)c(OC([2H])([2H])[2H])c(O)c3)ncc2F)nc2c1OC(C([2H])([2H])[2H])(C([2H])([2H])[2H])C(=O)N2. The molecule has 0 saturated carbocycles. The van der Waals surface area contributed by atoms with Gasteiger partial charge in [-0.2, -0.15) is 4.98 Å². The van der Waals surface area contributed by atoms with E-state index in [9.17, 15) is 19.4 Å². The summed E-state index contributed by atoms with van der Waals surface area (Å²) in [4.78, 5) is 24.3. The highest BCUT2D eigenvalue weighted by Crippen LogP contribution is 2.39. The first-order valence-corrected chi connectivity index (χ1v) is 8.55. The van der Waals surface area contributed by atoms with E-state index < -0.39 is 78.7 Å². The van der Waals surface area contributed by atoms with Gasteiger partial charge in [0.1, 0.15) is 5.82 Å². The molecule has 1 aliphatic heterocycles. The number of carbonyl (C=O) groups is 1. The molecule has 3 aromatic rings. The Morgan fingerprint density at radius 2 is 2.06 bits per heavy atom.